The number of nitrogens with two attached hydrogens (primary N) is 1. The molecule has 1 amide bonds. The van der Waals surface area contributed by atoms with Crippen LogP contribution in [-0.2, 0) is 9.53 Å². The lowest BCUT2D eigenvalue weighted by molar-refractivity contribution is -0.147. The number of benzene rings is 1. The number of carbonyl (C=O) groups is 2. The van der Waals surface area contributed by atoms with E-state index in [2.05, 4.69) is 15.9 Å². The molecule has 2 N–H and O–H groups in total. The molecule has 1 atom stereocenters. The Balaban J connectivity index is 2.35. The molecule has 1 saturated heterocycles. The van der Waals surface area contributed by atoms with Crippen LogP contribution >= 0.6 is 15.9 Å². The first-order valence-corrected chi connectivity index (χ1v) is 7.69. The summed E-state index contributed by atoms with van der Waals surface area (Å²) in [4.78, 5) is 26.3. The lowest BCUT2D eigenvalue weighted by Crippen LogP contribution is -2.48. The van der Waals surface area contributed by atoms with Crippen LogP contribution in [0.25, 0.3) is 0 Å². The molecule has 6 heteroatoms. The molecule has 1 heterocycles. The zero-order valence-corrected chi connectivity index (χ0v) is 13.8. The Hall–Kier alpha value is -1.56. The molecular formula is C15H19BrN2O3. The number of hydrogen-bond acceptors (Lipinski definition) is 4. The fourth-order valence-electron chi connectivity index (χ4n) is 2.63. The molecule has 1 aliphatic rings. The monoisotopic (exact) mass is 354 g/mol. The van der Waals surface area contributed by atoms with Gasteiger partial charge in [0.15, 0.2) is 0 Å². The van der Waals surface area contributed by atoms with Crippen LogP contribution in [0.1, 0.15) is 35.2 Å². The molecular weight excluding hydrogens is 336 g/mol. The molecule has 1 aliphatic heterocycles. The number of likely N-dealkylation sites (tertiary alicyclic amines) is 1. The van der Waals surface area contributed by atoms with E-state index in [1.807, 2.05) is 6.92 Å². The first-order valence-electron chi connectivity index (χ1n) is 6.90. The number of piperidine rings is 1. The lowest BCUT2D eigenvalue weighted by atomic mass is 9.99. The lowest BCUT2D eigenvalue weighted by Gasteiger charge is -2.34. The summed E-state index contributed by atoms with van der Waals surface area (Å²) in [5, 5.41) is 0. The maximum atomic E-state index is 12.8. The van der Waals surface area contributed by atoms with Crippen LogP contribution in [0.5, 0.6) is 0 Å². The highest BCUT2D eigenvalue weighted by atomic mass is 79.9. The zero-order valence-electron chi connectivity index (χ0n) is 12.2. The van der Waals surface area contributed by atoms with Crippen LogP contribution in [0.2, 0.25) is 0 Å². The number of nitrogen functional groups attached to an aromatic ring is 1. The van der Waals surface area contributed by atoms with E-state index in [0.29, 0.717) is 24.2 Å². The molecule has 114 valence electrons. The minimum Gasteiger partial charge on any atom is -0.467 e. The molecule has 1 aromatic rings. The van der Waals surface area contributed by atoms with Gasteiger partial charge in [0.2, 0.25) is 0 Å². The summed E-state index contributed by atoms with van der Waals surface area (Å²) in [7, 11) is 1.35. The van der Waals surface area contributed by atoms with Crippen molar-refractivity contribution in [1.29, 1.82) is 0 Å². The van der Waals surface area contributed by atoms with Crippen molar-refractivity contribution in [3.05, 3.63) is 27.7 Å². The van der Waals surface area contributed by atoms with E-state index in [1.165, 1.54) is 7.11 Å². The summed E-state index contributed by atoms with van der Waals surface area (Å²) in [5.41, 5.74) is 7.73. The number of halogens is 1. The van der Waals surface area contributed by atoms with Crippen LogP contribution in [0.4, 0.5) is 5.69 Å². The first kappa shape index (κ1) is 15.8. The third-order valence-electron chi connectivity index (χ3n) is 3.88. The summed E-state index contributed by atoms with van der Waals surface area (Å²) < 4.78 is 5.57. The third kappa shape index (κ3) is 3.20. The normalized spacial score (nSPS) is 18.4. The first-order chi connectivity index (χ1) is 9.95. The number of amides is 1. The number of ether oxygens (including phenoxy) is 1. The van der Waals surface area contributed by atoms with Gasteiger partial charge in [0.25, 0.3) is 5.91 Å². The highest BCUT2D eigenvalue weighted by Gasteiger charge is 2.34. The van der Waals surface area contributed by atoms with E-state index in [-0.39, 0.29) is 11.9 Å². The fourth-order valence-corrected chi connectivity index (χ4v) is 3.11. The van der Waals surface area contributed by atoms with Crippen LogP contribution in [0.3, 0.4) is 0 Å². The summed E-state index contributed by atoms with van der Waals surface area (Å²) in [5.74, 6) is -0.528. The van der Waals surface area contributed by atoms with Crippen molar-refractivity contribution in [2.75, 3.05) is 19.4 Å². The number of nitrogens with zero attached hydrogens (tertiary/aromatic N) is 1. The highest BCUT2D eigenvalue weighted by Crippen LogP contribution is 2.27. The van der Waals surface area contributed by atoms with E-state index in [4.69, 9.17) is 10.5 Å². The number of anilines is 1. The minimum atomic E-state index is -0.504. The van der Waals surface area contributed by atoms with Gasteiger partial charge in [-0.25, -0.2) is 4.79 Å². The molecule has 0 spiro atoms. The second-order valence-corrected chi connectivity index (χ2v) is 6.12. The van der Waals surface area contributed by atoms with Gasteiger partial charge >= 0.3 is 5.97 Å². The van der Waals surface area contributed by atoms with Gasteiger partial charge in [0.1, 0.15) is 6.04 Å². The van der Waals surface area contributed by atoms with Gasteiger partial charge < -0.3 is 15.4 Å². The van der Waals surface area contributed by atoms with Gasteiger partial charge in [-0.05, 0) is 43.9 Å². The van der Waals surface area contributed by atoms with E-state index < -0.39 is 6.04 Å². The predicted molar refractivity (Wildman–Crippen MR) is 84.0 cm³/mol. The molecule has 2 rings (SSSR count). The zero-order chi connectivity index (χ0) is 15.6. The van der Waals surface area contributed by atoms with Crippen LogP contribution in [0, 0.1) is 6.92 Å². The molecule has 0 radical (unpaired) electrons. The van der Waals surface area contributed by atoms with E-state index in [0.717, 1.165) is 22.9 Å². The van der Waals surface area contributed by atoms with Gasteiger partial charge in [-0.1, -0.05) is 15.9 Å². The van der Waals surface area contributed by atoms with Crippen molar-refractivity contribution in [3.8, 4) is 0 Å². The Bertz CT molecular complexity index is 574. The number of carbonyl (C=O) groups excluding carboxylic acids is 2. The molecule has 0 bridgehead atoms. The van der Waals surface area contributed by atoms with Gasteiger partial charge in [0, 0.05) is 22.3 Å². The van der Waals surface area contributed by atoms with Crippen LogP contribution in [-0.4, -0.2) is 36.5 Å². The molecule has 1 aromatic carbocycles. The average molecular weight is 355 g/mol. The summed E-state index contributed by atoms with van der Waals surface area (Å²) in [6.45, 7) is 2.37. The van der Waals surface area contributed by atoms with Gasteiger partial charge in [-0.2, -0.15) is 0 Å². The molecule has 1 fully saturated rings. The largest absolute Gasteiger partial charge is 0.467 e. The van der Waals surface area contributed by atoms with E-state index >= 15 is 0 Å². The Kier molecular flexibility index (Phi) is 4.88. The summed E-state index contributed by atoms with van der Waals surface area (Å²) in [6.07, 6.45) is 2.45. The molecule has 1 unspecified atom stereocenters. The Labute approximate surface area is 132 Å². The third-order valence-corrected chi connectivity index (χ3v) is 4.34. The van der Waals surface area contributed by atoms with Crippen molar-refractivity contribution in [3.63, 3.8) is 0 Å². The maximum Gasteiger partial charge on any atom is 0.328 e. The Morgan fingerprint density at radius 1 is 1.38 bits per heavy atom. The molecule has 0 aliphatic carbocycles. The smallest absolute Gasteiger partial charge is 0.328 e. The summed E-state index contributed by atoms with van der Waals surface area (Å²) in [6, 6.07) is 3.01. The molecule has 0 aromatic heterocycles. The second-order valence-electron chi connectivity index (χ2n) is 5.20. The average Bonchev–Trinajstić information content (AvgIpc) is 2.49. The Morgan fingerprint density at radius 2 is 2.10 bits per heavy atom. The highest BCUT2D eigenvalue weighted by molar-refractivity contribution is 9.10. The van der Waals surface area contributed by atoms with Gasteiger partial charge in [-0.3, -0.25) is 4.79 Å². The number of methoxy groups -OCH3 is 1. The summed E-state index contributed by atoms with van der Waals surface area (Å²) >= 11 is 3.35. The number of hydrogen-bond donors (Lipinski definition) is 1. The maximum absolute atomic E-state index is 12.8. The second kappa shape index (κ2) is 6.47. The minimum absolute atomic E-state index is 0.171. The topological polar surface area (TPSA) is 72.6 Å². The van der Waals surface area contributed by atoms with Crippen molar-refractivity contribution in [1.82, 2.24) is 4.90 Å². The molecule has 21 heavy (non-hydrogen) atoms. The van der Waals surface area contributed by atoms with Gasteiger partial charge in [0.05, 0.1) is 7.11 Å². The van der Waals surface area contributed by atoms with E-state index in [9.17, 15) is 9.59 Å². The van der Waals surface area contributed by atoms with Crippen molar-refractivity contribution >= 4 is 33.5 Å². The SMILES string of the molecule is COC(=O)C1CCCCN1C(=O)c1cc(Br)cc(N)c1C. The predicted octanol–water partition coefficient (Wildman–Crippen LogP) is 2.51. The van der Waals surface area contributed by atoms with Crippen LogP contribution < -0.4 is 5.73 Å². The van der Waals surface area contributed by atoms with Crippen LogP contribution in [0.15, 0.2) is 16.6 Å². The fraction of sp³-hybridized carbons (Fsp3) is 0.467. The molecule has 5 nitrogen and oxygen atoms in total. The molecule has 0 saturated carbocycles. The number of esters is 1. The van der Waals surface area contributed by atoms with Gasteiger partial charge in [-0.15, -0.1) is 0 Å². The van der Waals surface area contributed by atoms with E-state index in [1.54, 1.807) is 17.0 Å². The Morgan fingerprint density at radius 3 is 2.76 bits per heavy atom. The number of rotatable bonds is 2. The standard InChI is InChI=1S/C15H19BrN2O3/c1-9-11(7-10(16)8-12(9)17)14(19)18-6-4-3-5-13(18)15(20)21-2/h7-8,13H,3-6,17H2,1-2H3. The van der Waals surface area contributed by atoms with Crippen molar-refractivity contribution in [2.24, 2.45) is 0 Å². The van der Waals surface area contributed by atoms with Crippen molar-refractivity contribution < 1.29 is 14.3 Å². The quantitative estimate of drug-likeness (QED) is 0.654. The van der Waals surface area contributed by atoms with Crippen molar-refractivity contribution in [2.45, 2.75) is 32.2 Å².